The molecule has 0 spiro atoms. The molecular formula is C36H44N2O11S. The summed E-state index contributed by atoms with van der Waals surface area (Å²) in [6, 6.07) is 20.4. The molecule has 0 aromatic heterocycles. The van der Waals surface area contributed by atoms with Crippen LogP contribution in [0.25, 0.3) is 0 Å². The fourth-order valence-electron chi connectivity index (χ4n) is 6.11. The average molecular weight is 713 g/mol. The normalized spacial score (nSPS) is 20.9. The van der Waals surface area contributed by atoms with E-state index in [2.05, 4.69) is 5.32 Å². The predicted molar refractivity (Wildman–Crippen MR) is 180 cm³/mol. The van der Waals surface area contributed by atoms with E-state index in [-0.39, 0.29) is 30.6 Å². The van der Waals surface area contributed by atoms with E-state index in [0.717, 1.165) is 15.6 Å². The highest BCUT2D eigenvalue weighted by Crippen LogP contribution is 2.35. The molecule has 0 saturated carbocycles. The number of nitrogens with one attached hydrogen (secondary N) is 1. The smallest absolute Gasteiger partial charge is 0.407 e. The standard InChI is InChI=1S/C36H44N2O11S/c1-3-26(4-2)49-38(50(41,42)28-14-15-32-33(19-28)47-23-46-32)20-31(39)30(37-36(40)48-34-22-45-35-29(34)16-17-43-35)18-24-10-12-27(13-11-24)44-21-25-8-6-5-7-9-25/h5-15,19,26,29-31,34-35,39H,3-4,16-18,20-23H2,1-2H3,(H,37,40). The summed E-state index contributed by atoms with van der Waals surface area (Å²) in [7, 11) is -4.31. The highest BCUT2D eigenvalue weighted by Gasteiger charge is 2.44. The van der Waals surface area contributed by atoms with Gasteiger partial charge in [-0.25, -0.2) is 13.2 Å². The lowest BCUT2D eigenvalue weighted by molar-refractivity contribution is -0.149. The maximum Gasteiger partial charge on any atom is 0.407 e. The van der Waals surface area contributed by atoms with Crippen molar-refractivity contribution in [2.75, 3.05) is 26.6 Å². The van der Waals surface area contributed by atoms with Crippen LogP contribution < -0.4 is 19.5 Å². The molecule has 5 unspecified atom stereocenters. The zero-order valence-corrected chi connectivity index (χ0v) is 29.0. The number of sulfonamides is 1. The Kier molecular flexibility index (Phi) is 11.8. The van der Waals surface area contributed by atoms with Crippen molar-refractivity contribution in [2.45, 2.75) is 81.7 Å². The summed E-state index contributed by atoms with van der Waals surface area (Å²) >= 11 is 0. The number of ether oxygens (including phenoxy) is 6. The van der Waals surface area contributed by atoms with Gasteiger partial charge in [-0.05, 0) is 61.1 Å². The first kappa shape index (κ1) is 35.9. The number of hydroxylamine groups is 1. The van der Waals surface area contributed by atoms with Gasteiger partial charge in [0.25, 0.3) is 10.0 Å². The molecule has 0 aliphatic carbocycles. The lowest BCUT2D eigenvalue weighted by Crippen LogP contribution is -2.51. The van der Waals surface area contributed by atoms with E-state index in [1.165, 1.54) is 18.2 Å². The van der Waals surface area contributed by atoms with Crippen LogP contribution >= 0.6 is 0 Å². The lowest BCUT2D eigenvalue weighted by atomic mass is 10.0. The third kappa shape index (κ3) is 8.68. The molecule has 3 aliphatic heterocycles. The quantitative estimate of drug-likeness (QED) is 0.201. The van der Waals surface area contributed by atoms with Crippen molar-refractivity contribution in [1.29, 1.82) is 0 Å². The highest BCUT2D eigenvalue weighted by atomic mass is 32.2. The number of benzene rings is 3. The van der Waals surface area contributed by atoms with E-state index < -0.39 is 53.3 Å². The Labute approximate surface area is 292 Å². The molecule has 3 aromatic rings. The highest BCUT2D eigenvalue weighted by molar-refractivity contribution is 7.89. The second-order valence-corrected chi connectivity index (χ2v) is 14.3. The molecule has 270 valence electrons. The van der Waals surface area contributed by atoms with Crippen LogP contribution in [0.4, 0.5) is 4.79 Å². The summed E-state index contributed by atoms with van der Waals surface area (Å²) in [5.74, 6) is 1.29. The zero-order chi connectivity index (χ0) is 35.1. The molecule has 3 aromatic carbocycles. The fraction of sp³-hybridized carbons (Fsp3) is 0.472. The minimum Gasteiger partial charge on any atom is -0.489 e. The van der Waals surface area contributed by atoms with Gasteiger partial charge >= 0.3 is 6.09 Å². The summed E-state index contributed by atoms with van der Waals surface area (Å²) < 4.78 is 62.4. The van der Waals surface area contributed by atoms with E-state index in [4.69, 9.17) is 33.3 Å². The summed E-state index contributed by atoms with van der Waals surface area (Å²) in [4.78, 5) is 19.2. The number of aliphatic hydroxyl groups is 1. The van der Waals surface area contributed by atoms with Gasteiger partial charge < -0.3 is 38.8 Å². The molecule has 13 nitrogen and oxygen atoms in total. The van der Waals surface area contributed by atoms with Gasteiger partial charge in [0.1, 0.15) is 18.5 Å². The van der Waals surface area contributed by atoms with Crippen molar-refractivity contribution in [3.05, 3.63) is 83.9 Å². The number of hydrogen-bond acceptors (Lipinski definition) is 11. The Hall–Kier alpha value is -3.92. The van der Waals surface area contributed by atoms with Crippen molar-refractivity contribution in [1.82, 2.24) is 9.79 Å². The minimum absolute atomic E-state index is 0.0174. The molecule has 6 rings (SSSR count). The Morgan fingerprint density at radius 2 is 1.74 bits per heavy atom. The van der Waals surface area contributed by atoms with Gasteiger partial charge in [-0.3, -0.25) is 4.84 Å². The topological polar surface area (TPSA) is 151 Å². The van der Waals surface area contributed by atoms with Gasteiger partial charge in [0.15, 0.2) is 17.8 Å². The van der Waals surface area contributed by atoms with Crippen molar-refractivity contribution in [3.63, 3.8) is 0 Å². The van der Waals surface area contributed by atoms with Gasteiger partial charge in [0.2, 0.25) is 6.79 Å². The van der Waals surface area contributed by atoms with E-state index in [1.54, 1.807) is 0 Å². The number of fused-ring (bicyclic) bond motifs is 2. The van der Waals surface area contributed by atoms with Gasteiger partial charge in [-0.15, -0.1) is 0 Å². The van der Waals surface area contributed by atoms with Crippen LogP contribution in [0.15, 0.2) is 77.7 Å². The Bertz CT molecular complexity index is 1670. The third-order valence-electron chi connectivity index (χ3n) is 9.06. The number of nitrogens with zero attached hydrogens (tertiary/aromatic N) is 1. The van der Waals surface area contributed by atoms with Gasteiger partial charge in [0.05, 0.1) is 48.8 Å². The Morgan fingerprint density at radius 3 is 2.50 bits per heavy atom. The minimum atomic E-state index is -4.31. The van der Waals surface area contributed by atoms with E-state index in [1.807, 2.05) is 68.4 Å². The Balaban J connectivity index is 1.20. The van der Waals surface area contributed by atoms with Crippen molar-refractivity contribution >= 4 is 16.1 Å². The molecule has 14 heteroatoms. The molecule has 0 bridgehead atoms. The predicted octanol–water partition coefficient (Wildman–Crippen LogP) is 4.57. The van der Waals surface area contributed by atoms with Crippen LogP contribution in [-0.4, -0.2) is 81.3 Å². The largest absolute Gasteiger partial charge is 0.489 e. The lowest BCUT2D eigenvalue weighted by Gasteiger charge is -2.31. The van der Waals surface area contributed by atoms with Gasteiger partial charge in [-0.2, -0.15) is 0 Å². The second-order valence-electron chi connectivity index (χ2n) is 12.5. The fourth-order valence-corrected chi connectivity index (χ4v) is 7.42. The molecule has 2 saturated heterocycles. The summed E-state index contributed by atoms with van der Waals surface area (Å²) in [5, 5.41) is 14.5. The monoisotopic (exact) mass is 712 g/mol. The molecule has 0 radical (unpaired) electrons. The van der Waals surface area contributed by atoms with Gasteiger partial charge in [-0.1, -0.05) is 60.8 Å². The third-order valence-corrected chi connectivity index (χ3v) is 10.7. The number of alkyl carbamates (subject to hydrolysis) is 1. The van der Waals surface area contributed by atoms with Crippen LogP contribution in [0, 0.1) is 5.92 Å². The second kappa shape index (κ2) is 16.4. The van der Waals surface area contributed by atoms with Crippen molar-refractivity contribution in [2.24, 2.45) is 5.92 Å². The first-order valence-electron chi connectivity index (χ1n) is 17.0. The molecular weight excluding hydrogens is 668 g/mol. The molecule has 2 N–H and O–H groups in total. The van der Waals surface area contributed by atoms with E-state index >= 15 is 0 Å². The number of hydrogen-bond donors (Lipinski definition) is 2. The molecule has 50 heavy (non-hydrogen) atoms. The number of rotatable bonds is 16. The average Bonchev–Trinajstić information content (AvgIpc) is 3.89. The molecule has 2 fully saturated rings. The van der Waals surface area contributed by atoms with Crippen LogP contribution in [0.2, 0.25) is 0 Å². The SMILES string of the molecule is CCC(CC)ON(CC(O)C(Cc1ccc(OCc2ccccc2)cc1)NC(=O)OC1COC2OCCC12)S(=O)(=O)c1ccc2c(c1)OCO2. The maximum absolute atomic E-state index is 14.0. The van der Waals surface area contributed by atoms with E-state index in [9.17, 15) is 18.3 Å². The van der Waals surface area contributed by atoms with Crippen LogP contribution in [0.3, 0.4) is 0 Å². The number of aliphatic hydroxyl groups excluding tert-OH is 1. The number of carbonyl (C=O) groups is 1. The first-order valence-corrected chi connectivity index (χ1v) is 18.4. The first-order chi connectivity index (χ1) is 24.2. The van der Waals surface area contributed by atoms with Crippen molar-refractivity contribution < 1.29 is 51.6 Å². The molecule has 1 amide bonds. The maximum atomic E-state index is 14.0. The molecule has 3 aliphatic rings. The summed E-state index contributed by atoms with van der Waals surface area (Å²) in [5.41, 5.74) is 1.79. The number of amides is 1. The Morgan fingerprint density at radius 1 is 0.980 bits per heavy atom. The summed E-state index contributed by atoms with van der Waals surface area (Å²) in [6.45, 7) is 4.39. The summed E-state index contributed by atoms with van der Waals surface area (Å²) in [6.07, 6.45) is -1.64. The molecule has 3 heterocycles. The zero-order valence-electron chi connectivity index (χ0n) is 28.1. The van der Waals surface area contributed by atoms with Crippen LogP contribution in [0.5, 0.6) is 17.2 Å². The number of carbonyl (C=O) groups excluding carboxylic acids is 1. The van der Waals surface area contributed by atoms with Crippen molar-refractivity contribution in [3.8, 4) is 17.2 Å². The van der Waals surface area contributed by atoms with Gasteiger partial charge in [0, 0.05) is 6.07 Å². The van der Waals surface area contributed by atoms with E-state index in [0.29, 0.717) is 49.7 Å². The van der Waals surface area contributed by atoms with Crippen LogP contribution in [0.1, 0.15) is 44.2 Å². The molecule has 5 atom stereocenters. The van der Waals surface area contributed by atoms with Crippen LogP contribution in [-0.2, 0) is 42.1 Å².